The summed E-state index contributed by atoms with van der Waals surface area (Å²) in [7, 11) is 0. The molecule has 0 saturated heterocycles. The van der Waals surface area contributed by atoms with E-state index in [1.165, 1.54) is 11.8 Å². The summed E-state index contributed by atoms with van der Waals surface area (Å²) in [5.74, 6) is -0.0506. The van der Waals surface area contributed by atoms with Gasteiger partial charge in [0.05, 0.1) is 16.2 Å². The van der Waals surface area contributed by atoms with Crippen LogP contribution < -0.4 is 10.9 Å². The van der Waals surface area contributed by atoms with Gasteiger partial charge in [-0.2, -0.15) is 0 Å². The van der Waals surface area contributed by atoms with Crippen LogP contribution in [0.15, 0.2) is 28.2 Å². The van der Waals surface area contributed by atoms with Crippen LogP contribution in [0.5, 0.6) is 0 Å². The number of amides is 1. The Kier molecular flexibility index (Phi) is 6.69. The summed E-state index contributed by atoms with van der Waals surface area (Å²) in [5.41, 5.74) is 0.464. The van der Waals surface area contributed by atoms with E-state index in [1.807, 2.05) is 20.8 Å². The van der Waals surface area contributed by atoms with E-state index in [1.54, 1.807) is 22.8 Å². The minimum absolute atomic E-state index is 0.0506. The number of fused-ring (bicyclic) bond motifs is 1. The Hall–Kier alpha value is -1.53. The van der Waals surface area contributed by atoms with E-state index in [0.29, 0.717) is 34.2 Å². The highest BCUT2D eigenvalue weighted by Gasteiger charge is 2.19. The van der Waals surface area contributed by atoms with Crippen molar-refractivity contribution in [2.24, 2.45) is 0 Å². The maximum atomic E-state index is 12.7. The number of nitrogens with zero attached hydrogens (tertiary/aromatic N) is 2. The van der Waals surface area contributed by atoms with Gasteiger partial charge in [0, 0.05) is 18.1 Å². The number of carbonyl (C=O) groups excluding carboxylic acids is 1. The third-order valence-corrected chi connectivity index (χ3v) is 4.86. The molecule has 0 bridgehead atoms. The number of thioether (sulfide) groups is 1. The van der Waals surface area contributed by atoms with E-state index in [-0.39, 0.29) is 16.7 Å². The summed E-state index contributed by atoms with van der Waals surface area (Å²) in [4.78, 5) is 29.4. The van der Waals surface area contributed by atoms with Crippen molar-refractivity contribution in [3.63, 3.8) is 0 Å². The van der Waals surface area contributed by atoms with Crippen LogP contribution in [0.3, 0.4) is 0 Å². The molecular formula is C17H22ClN3O2S. The lowest BCUT2D eigenvalue weighted by atomic mass is 10.2. The Bertz CT molecular complexity index is 791. The summed E-state index contributed by atoms with van der Waals surface area (Å²) in [6.07, 6.45) is 1.70. The number of hydrogen-bond donors (Lipinski definition) is 1. The molecule has 0 aliphatic carbocycles. The van der Waals surface area contributed by atoms with Crippen LogP contribution in [0.1, 0.15) is 33.6 Å². The number of aromatic nitrogens is 2. The quantitative estimate of drug-likeness (QED) is 0.601. The summed E-state index contributed by atoms with van der Waals surface area (Å²) < 4.78 is 1.64. The number of rotatable bonds is 7. The zero-order valence-corrected chi connectivity index (χ0v) is 15.7. The van der Waals surface area contributed by atoms with Crippen LogP contribution in [0, 0.1) is 0 Å². The Balaban J connectivity index is 2.41. The zero-order chi connectivity index (χ0) is 17.7. The molecule has 1 heterocycles. The van der Waals surface area contributed by atoms with Gasteiger partial charge in [-0.3, -0.25) is 14.2 Å². The van der Waals surface area contributed by atoms with Crippen LogP contribution in [-0.2, 0) is 11.3 Å². The maximum Gasteiger partial charge on any atom is 0.262 e. The van der Waals surface area contributed by atoms with Crippen molar-refractivity contribution in [1.29, 1.82) is 0 Å². The predicted octanol–water partition coefficient (Wildman–Crippen LogP) is 3.47. The second-order valence-corrected chi connectivity index (χ2v) is 7.31. The molecule has 0 saturated carbocycles. The zero-order valence-electron chi connectivity index (χ0n) is 14.1. The van der Waals surface area contributed by atoms with Crippen molar-refractivity contribution >= 4 is 40.2 Å². The molecule has 130 valence electrons. The third kappa shape index (κ3) is 4.30. The summed E-state index contributed by atoms with van der Waals surface area (Å²) in [6.45, 7) is 7.04. The van der Waals surface area contributed by atoms with E-state index in [2.05, 4.69) is 10.3 Å². The number of benzene rings is 1. The van der Waals surface area contributed by atoms with E-state index in [4.69, 9.17) is 11.6 Å². The van der Waals surface area contributed by atoms with Crippen LogP contribution >= 0.6 is 23.4 Å². The van der Waals surface area contributed by atoms with Crippen molar-refractivity contribution in [1.82, 2.24) is 14.9 Å². The van der Waals surface area contributed by atoms with Gasteiger partial charge < -0.3 is 5.32 Å². The number of nitrogens with one attached hydrogen (secondary N) is 1. The number of carbonyl (C=O) groups is 1. The van der Waals surface area contributed by atoms with Gasteiger partial charge in [0.15, 0.2) is 5.16 Å². The molecule has 5 nitrogen and oxygen atoms in total. The van der Waals surface area contributed by atoms with E-state index < -0.39 is 0 Å². The average Bonchev–Trinajstić information content (AvgIpc) is 2.55. The molecule has 1 aromatic heterocycles. The molecule has 0 radical (unpaired) electrons. The largest absolute Gasteiger partial charge is 0.355 e. The molecule has 1 amide bonds. The van der Waals surface area contributed by atoms with Crippen molar-refractivity contribution < 1.29 is 4.79 Å². The van der Waals surface area contributed by atoms with Crippen molar-refractivity contribution in [2.75, 3.05) is 6.54 Å². The van der Waals surface area contributed by atoms with Gasteiger partial charge in [-0.15, -0.1) is 0 Å². The van der Waals surface area contributed by atoms with Gasteiger partial charge in [-0.1, -0.05) is 37.2 Å². The monoisotopic (exact) mass is 367 g/mol. The Morgan fingerprint density at radius 2 is 2.12 bits per heavy atom. The molecule has 0 aliphatic heterocycles. The Morgan fingerprint density at radius 3 is 2.79 bits per heavy atom. The van der Waals surface area contributed by atoms with Crippen LogP contribution in [0.4, 0.5) is 0 Å². The predicted molar refractivity (Wildman–Crippen MR) is 99.9 cm³/mol. The lowest BCUT2D eigenvalue weighted by Crippen LogP contribution is -2.32. The highest BCUT2D eigenvalue weighted by Crippen LogP contribution is 2.24. The normalized spacial score (nSPS) is 12.3. The van der Waals surface area contributed by atoms with Crippen molar-refractivity contribution in [3.05, 3.63) is 33.6 Å². The lowest BCUT2D eigenvalue weighted by Gasteiger charge is -2.16. The lowest BCUT2D eigenvalue weighted by molar-refractivity contribution is -0.120. The SMILES string of the molecule is CCCNC(=O)C(C)Sc1nc2cc(Cl)ccc2c(=O)n1CCC. The second-order valence-electron chi connectivity index (χ2n) is 5.56. The number of hydrogen-bond acceptors (Lipinski definition) is 4. The summed E-state index contributed by atoms with van der Waals surface area (Å²) >= 11 is 7.32. The highest BCUT2D eigenvalue weighted by molar-refractivity contribution is 8.00. The van der Waals surface area contributed by atoms with Crippen LogP contribution in [-0.4, -0.2) is 27.3 Å². The molecular weight excluding hydrogens is 346 g/mol. The molecule has 0 fully saturated rings. The smallest absolute Gasteiger partial charge is 0.262 e. The molecule has 24 heavy (non-hydrogen) atoms. The molecule has 2 aromatic rings. The van der Waals surface area contributed by atoms with Gasteiger partial charge in [0.1, 0.15) is 0 Å². The molecule has 7 heteroatoms. The first kappa shape index (κ1) is 18.8. The van der Waals surface area contributed by atoms with Crippen LogP contribution in [0.25, 0.3) is 10.9 Å². The number of halogens is 1. The average molecular weight is 368 g/mol. The van der Waals surface area contributed by atoms with E-state index >= 15 is 0 Å². The minimum Gasteiger partial charge on any atom is -0.355 e. The van der Waals surface area contributed by atoms with Crippen LogP contribution in [0.2, 0.25) is 5.02 Å². The molecule has 0 spiro atoms. The third-order valence-electron chi connectivity index (χ3n) is 3.53. The summed E-state index contributed by atoms with van der Waals surface area (Å²) in [6, 6.07) is 5.07. The van der Waals surface area contributed by atoms with Gasteiger partial charge in [-0.25, -0.2) is 4.98 Å². The summed E-state index contributed by atoms with van der Waals surface area (Å²) in [5, 5.41) is 4.17. The molecule has 0 aliphatic rings. The molecule has 1 N–H and O–H groups in total. The first-order valence-corrected chi connectivity index (χ1v) is 9.38. The van der Waals surface area contributed by atoms with E-state index in [0.717, 1.165) is 12.8 Å². The topological polar surface area (TPSA) is 64.0 Å². The second kappa shape index (κ2) is 8.53. The maximum absolute atomic E-state index is 12.7. The first-order chi connectivity index (χ1) is 11.5. The first-order valence-electron chi connectivity index (χ1n) is 8.12. The fourth-order valence-corrected chi connectivity index (χ4v) is 3.41. The Morgan fingerprint density at radius 1 is 1.38 bits per heavy atom. The van der Waals surface area contributed by atoms with Gasteiger partial charge in [0.2, 0.25) is 5.91 Å². The van der Waals surface area contributed by atoms with E-state index in [9.17, 15) is 9.59 Å². The van der Waals surface area contributed by atoms with Crippen molar-refractivity contribution in [3.8, 4) is 0 Å². The fourth-order valence-electron chi connectivity index (χ4n) is 2.29. The molecule has 1 unspecified atom stereocenters. The molecule has 2 rings (SSSR count). The van der Waals surface area contributed by atoms with Crippen molar-refractivity contribution in [2.45, 2.75) is 50.6 Å². The van der Waals surface area contributed by atoms with Gasteiger partial charge in [-0.05, 0) is 38.0 Å². The molecule has 1 aromatic carbocycles. The van der Waals surface area contributed by atoms with Gasteiger partial charge >= 0.3 is 0 Å². The molecule has 1 atom stereocenters. The minimum atomic E-state index is -0.330. The highest BCUT2D eigenvalue weighted by atomic mass is 35.5. The Labute approximate surface area is 150 Å². The fraction of sp³-hybridized carbons (Fsp3) is 0.471. The van der Waals surface area contributed by atoms with Gasteiger partial charge in [0.25, 0.3) is 5.56 Å². The standard InChI is InChI=1S/C17H22ClN3O2S/c1-4-8-19-15(22)11(3)24-17-20-14-10-12(18)6-7-13(14)16(23)21(17)9-5-2/h6-7,10-11H,4-5,8-9H2,1-3H3,(H,19,22).